The molecule has 0 aromatic heterocycles. The highest BCUT2D eigenvalue weighted by molar-refractivity contribution is 9.10. The SMILES string of the molecule is CC(C)(C)OC(=O)N1CCCCC1.CC(C)(C)OC(=O)N1CCN(c2cc(N)c(F)cc2F)CC1.CC(C)(C)OC(=O)N1CCN(c2cc(NS(=O)(=O)c3cc(Cl)cc(Cl)c3O)c(F)cc2F)CC1.Nc1cc(Br)c(F)cc1F.O=S(=O)(Cl)c1cc(Cl)cc(Cl)c1O.O=S(=O)(Nc1cc(N2CCNCC2)c(F)cc1F)c1cc(Cl)cc(Cl)c1O. The average Bonchev–Trinajstić information content (AvgIpc) is 0.785. The molecule has 4 heterocycles. The van der Waals surface area contributed by atoms with E-state index >= 15 is 0 Å². The zero-order valence-corrected chi connectivity index (χ0v) is 74.3. The topological polar surface area (TPSA) is 350 Å². The Morgan fingerprint density at radius 1 is 0.403 bits per heavy atom. The quantitative estimate of drug-likeness (QED) is 0.0207. The summed E-state index contributed by atoms with van der Waals surface area (Å²) >= 11 is 37.0. The second-order valence-electron chi connectivity index (χ2n) is 29.2. The third kappa shape index (κ3) is 30.0. The molecule has 4 aliphatic rings. The number of rotatable bonds is 10. The first-order valence-corrected chi connectivity index (χ1v) is 43.9. The van der Waals surface area contributed by atoms with Gasteiger partial charge in [0.25, 0.3) is 29.1 Å². The molecule has 3 amide bonds. The molecule has 4 saturated heterocycles. The number of piperidine rings is 1. The van der Waals surface area contributed by atoms with E-state index in [0.717, 1.165) is 74.5 Å². The van der Waals surface area contributed by atoms with E-state index in [9.17, 15) is 90.1 Å². The summed E-state index contributed by atoms with van der Waals surface area (Å²) in [6, 6.07) is 13.7. The van der Waals surface area contributed by atoms with Gasteiger partial charge in [0.2, 0.25) is 0 Å². The Kier molecular flexibility index (Phi) is 35.5. The third-order valence-electron chi connectivity index (χ3n) is 16.5. The zero-order valence-electron chi connectivity index (χ0n) is 65.0. The number of hydrogen-bond acceptors (Lipinski definition) is 21. The number of nitrogens with two attached hydrogens (primary N) is 2. The van der Waals surface area contributed by atoms with E-state index in [1.807, 2.05) is 30.2 Å². The number of nitrogens with zero attached hydrogens (tertiary/aromatic N) is 6. The second-order valence-corrected chi connectivity index (χ2v) is 38.4. The monoisotopic (exact) mass is 1940 g/mol. The molecule has 0 spiro atoms. The Labute approximate surface area is 726 Å². The van der Waals surface area contributed by atoms with Crippen molar-refractivity contribution < 1.29 is 104 Å². The number of phenolic OH excluding ortho intramolecular Hbond substituents is 3. The van der Waals surface area contributed by atoms with Crippen LogP contribution in [-0.2, 0) is 43.3 Å². The number of phenols is 3. The summed E-state index contributed by atoms with van der Waals surface area (Å²) in [6.45, 7) is 22.8. The summed E-state index contributed by atoms with van der Waals surface area (Å²) in [7, 11) is -7.99. The van der Waals surface area contributed by atoms with Gasteiger partial charge in [0.15, 0.2) is 17.2 Å². The van der Waals surface area contributed by atoms with Gasteiger partial charge < -0.3 is 75.7 Å². The maximum absolute atomic E-state index is 14.6. The molecule has 4 aliphatic heterocycles. The maximum atomic E-state index is 14.6. The normalized spacial score (nSPS) is 14.7. The van der Waals surface area contributed by atoms with Gasteiger partial charge in [-0.2, -0.15) is 0 Å². The first-order valence-electron chi connectivity index (χ1n) is 35.5. The van der Waals surface area contributed by atoms with Gasteiger partial charge in [-0.25, -0.2) is 74.8 Å². The molecule has 10 N–H and O–H groups in total. The van der Waals surface area contributed by atoms with Crippen LogP contribution in [-0.4, -0.2) is 182 Å². The number of benzene rings is 7. The van der Waals surface area contributed by atoms with Crippen LogP contribution < -0.4 is 40.9 Å². The number of nitrogen functional groups attached to an aromatic ring is 2. The fourth-order valence-corrected chi connectivity index (χ4v) is 16.5. The van der Waals surface area contributed by atoms with Crippen molar-refractivity contribution in [3.63, 3.8) is 0 Å². The maximum Gasteiger partial charge on any atom is 0.410 e. The van der Waals surface area contributed by atoms with Gasteiger partial charge in [0.05, 0.1) is 59.4 Å². The number of halogens is 16. The molecule has 119 heavy (non-hydrogen) atoms. The van der Waals surface area contributed by atoms with Gasteiger partial charge in [0.1, 0.15) is 78.0 Å². The summed E-state index contributed by atoms with van der Waals surface area (Å²) in [5, 5.41) is 31.5. The number of nitrogens with one attached hydrogen (secondary N) is 3. The van der Waals surface area contributed by atoms with Gasteiger partial charge >= 0.3 is 18.3 Å². The van der Waals surface area contributed by atoms with Crippen molar-refractivity contribution in [1.82, 2.24) is 20.0 Å². The largest absolute Gasteiger partial charge is 0.505 e. The number of anilines is 7. The zero-order chi connectivity index (χ0) is 89.5. The van der Waals surface area contributed by atoms with Gasteiger partial charge in [-0.3, -0.25) is 9.44 Å². The number of carbonyl (C=O) groups is 3. The highest BCUT2D eigenvalue weighted by Gasteiger charge is 2.33. The number of hydrogen-bond donors (Lipinski definition) is 8. The van der Waals surface area contributed by atoms with Crippen molar-refractivity contribution >= 4 is 183 Å². The van der Waals surface area contributed by atoms with E-state index in [2.05, 4.69) is 21.2 Å². The van der Waals surface area contributed by atoms with Crippen molar-refractivity contribution in [2.75, 3.05) is 127 Å². The van der Waals surface area contributed by atoms with Crippen LogP contribution in [0.3, 0.4) is 0 Å². The molecule has 7 aromatic rings. The van der Waals surface area contributed by atoms with Crippen LogP contribution in [0.2, 0.25) is 30.1 Å². The lowest BCUT2D eigenvalue weighted by molar-refractivity contribution is 0.0210. The Bertz CT molecular complexity index is 5130. The highest BCUT2D eigenvalue weighted by atomic mass is 79.9. The Morgan fingerprint density at radius 2 is 0.697 bits per heavy atom. The Hall–Kier alpha value is -7.89. The number of piperazine rings is 3. The van der Waals surface area contributed by atoms with E-state index in [1.165, 1.54) is 35.6 Å². The summed E-state index contributed by atoms with van der Waals surface area (Å²) in [5.41, 5.74) is 8.14. The van der Waals surface area contributed by atoms with E-state index < -0.39 is 136 Å². The first-order chi connectivity index (χ1) is 55.0. The molecule has 656 valence electrons. The number of likely N-dealkylation sites (tertiary alicyclic amines) is 1. The molecule has 45 heteroatoms. The third-order valence-corrected chi connectivity index (χ3v) is 22.7. The Balaban J connectivity index is 0.000000233. The molecule has 0 bridgehead atoms. The van der Waals surface area contributed by atoms with Crippen LogP contribution in [0, 0.1) is 46.5 Å². The standard InChI is InChI=1S/C21H23Cl2F2N3O5S.C16H15Cl2F2N3O3S.C15H21F2N3O2.C10H19NO2.C6H4BrF2N.C6H3Cl3O3S/c1-21(2,3)33-20(30)28-6-4-27(5-7-28)17-11-16(14(24)10-15(17)25)26-34(31,32)18-9-12(22)8-13(23)19(18)29;17-9-5-10(18)16(24)15(6-9)27(25,26)22-13-8-14(12(20)7-11(13)19)23-3-1-21-2-4-23;1-15(2,3)22-14(21)20-6-4-19(5-7-20)13-9-12(18)10(16)8-11(13)17;1-10(2,3)13-9(12)11-7-5-4-6-8-11;7-3-1-6(10)5(9)2-4(3)8;7-3-1-4(8)6(10)5(2-3)13(9,11)12/h8-11,26,29H,4-7H2,1-3H3;5-8,21-22,24H,1-4H2;8-9H,4-7,18H2,1-3H3;4-8H2,1-3H3;1-2H,10H2;1-2,10H. The lowest BCUT2D eigenvalue weighted by Crippen LogP contribution is -2.50. The lowest BCUT2D eigenvalue weighted by atomic mass is 10.1. The predicted octanol–water partition coefficient (Wildman–Crippen LogP) is 18.0. The first kappa shape index (κ1) is 99.9. The second kappa shape index (κ2) is 42.3. The fourth-order valence-electron chi connectivity index (χ4n) is 10.9. The highest BCUT2D eigenvalue weighted by Crippen LogP contribution is 2.40. The molecule has 0 saturated carbocycles. The number of carbonyl (C=O) groups excluding carboxylic acids is 3. The molecule has 26 nitrogen and oxygen atoms in total. The van der Waals surface area contributed by atoms with Gasteiger partial charge in [-0.15, -0.1) is 0 Å². The van der Waals surface area contributed by atoms with Crippen LogP contribution in [0.25, 0.3) is 0 Å². The predicted molar refractivity (Wildman–Crippen MR) is 448 cm³/mol. The van der Waals surface area contributed by atoms with Crippen LogP contribution in [0.15, 0.2) is 104 Å². The van der Waals surface area contributed by atoms with E-state index in [1.54, 1.807) is 66.0 Å². The van der Waals surface area contributed by atoms with Gasteiger partial charge in [-0.05, 0) is 158 Å². The van der Waals surface area contributed by atoms with E-state index in [0.29, 0.717) is 64.5 Å². The molecular formula is C74H85BrCl7F8N11O15S3. The number of sulfonamides is 2. The smallest absolute Gasteiger partial charge is 0.410 e. The molecule has 11 rings (SSSR count). The average molecular weight is 1940 g/mol. The van der Waals surface area contributed by atoms with Crippen molar-refractivity contribution in [2.24, 2.45) is 0 Å². The molecule has 4 fully saturated rings. The van der Waals surface area contributed by atoms with Crippen LogP contribution in [0.5, 0.6) is 17.2 Å². The molecule has 0 unspecified atom stereocenters. The van der Waals surface area contributed by atoms with Crippen LogP contribution >= 0.6 is 96.2 Å². The van der Waals surface area contributed by atoms with Crippen molar-refractivity contribution in [2.45, 2.75) is 113 Å². The fraction of sp³-hybridized carbons (Fsp3) is 0.392. The van der Waals surface area contributed by atoms with E-state index in [-0.39, 0.29) is 107 Å². The minimum atomic E-state index is -4.53. The van der Waals surface area contributed by atoms with Crippen LogP contribution in [0.4, 0.5) is 89.3 Å². The minimum absolute atomic E-state index is 0.0285. The number of amides is 3. The number of aromatic hydroxyl groups is 3. The summed E-state index contributed by atoms with van der Waals surface area (Å²) in [4.78, 5) is 43.8. The Morgan fingerprint density at radius 3 is 1.03 bits per heavy atom. The van der Waals surface area contributed by atoms with Gasteiger partial charge in [0, 0.05) is 142 Å². The van der Waals surface area contributed by atoms with Crippen molar-refractivity contribution in [1.29, 1.82) is 0 Å². The molecule has 0 aliphatic carbocycles. The van der Waals surface area contributed by atoms with Crippen LogP contribution in [0.1, 0.15) is 81.6 Å². The molecule has 7 aromatic carbocycles. The molecule has 0 radical (unpaired) electrons. The van der Waals surface area contributed by atoms with Crippen molar-refractivity contribution in [3.8, 4) is 17.2 Å². The van der Waals surface area contributed by atoms with Gasteiger partial charge in [-0.1, -0.05) is 69.6 Å². The summed E-state index contributed by atoms with van der Waals surface area (Å²) in [5.74, 6) is -8.85. The molecule has 0 atom stereocenters. The summed E-state index contributed by atoms with van der Waals surface area (Å²) in [6.07, 6.45) is 2.41. The summed E-state index contributed by atoms with van der Waals surface area (Å²) < 4.78 is 202. The van der Waals surface area contributed by atoms with E-state index in [4.69, 9.17) is 106 Å². The van der Waals surface area contributed by atoms with Crippen molar-refractivity contribution in [3.05, 3.63) is 166 Å². The minimum Gasteiger partial charge on any atom is -0.505 e. The molecular weight excluding hydrogens is 1860 g/mol. The number of ether oxygens (including phenoxy) is 3. The lowest BCUT2D eigenvalue weighted by Gasteiger charge is -2.37.